The summed E-state index contributed by atoms with van der Waals surface area (Å²) in [5.74, 6) is 0.258. The molecule has 0 aromatic carbocycles. The summed E-state index contributed by atoms with van der Waals surface area (Å²) in [4.78, 5) is 13.0. The molecule has 0 aliphatic carbocycles. The van der Waals surface area contributed by atoms with Gasteiger partial charge in [-0.1, -0.05) is 0 Å². The smallest absolute Gasteiger partial charge is 0.141 e. The minimum Gasteiger partial charge on any atom is -0.495 e. The van der Waals surface area contributed by atoms with Crippen molar-refractivity contribution in [3.05, 3.63) is 54.9 Å². The quantitative estimate of drug-likeness (QED) is 0.575. The van der Waals surface area contributed by atoms with Gasteiger partial charge in [0.1, 0.15) is 17.3 Å². The van der Waals surface area contributed by atoms with Crippen LogP contribution >= 0.6 is 0 Å². The molecule has 4 heterocycles. The lowest BCUT2D eigenvalue weighted by atomic mass is 10.0. The van der Waals surface area contributed by atoms with Gasteiger partial charge in [0.2, 0.25) is 0 Å². The van der Waals surface area contributed by atoms with Crippen LogP contribution in [0.15, 0.2) is 49.1 Å². The fraction of sp³-hybridized carbons (Fsp3) is 0.111. The molecule has 4 aromatic heterocycles. The summed E-state index contributed by atoms with van der Waals surface area (Å²) < 4.78 is 20.1. The lowest BCUT2D eigenvalue weighted by Gasteiger charge is -2.07. The van der Waals surface area contributed by atoms with Crippen LogP contribution in [-0.4, -0.2) is 31.8 Å². The highest BCUT2D eigenvalue weighted by atomic mass is 19.1. The third-order valence-corrected chi connectivity index (χ3v) is 3.88. The van der Waals surface area contributed by atoms with Crippen LogP contribution in [0, 0.1) is 5.82 Å². The summed E-state index contributed by atoms with van der Waals surface area (Å²) in [6.45, 7) is 0. The molecule has 4 aromatic rings. The number of rotatable bonds is 3. The Morgan fingerprint density at radius 3 is 2.68 bits per heavy atom. The molecule has 124 valence electrons. The van der Waals surface area contributed by atoms with E-state index in [1.807, 2.05) is 25.4 Å². The molecule has 0 spiro atoms. The van der Waals surface area contributed by atoms with E-state index in [-0.39, 0.29) is 5.82 Å². The van der Waals surface area contributed by atoms with Crippen molar-refractivity contribution in [2.24, 2.45) is 7.05 Å². The van der Waals surface area contributed by atoms with Gasteiger partial charge in [0, 0.05) is 36.6 Å². The Balaban J connectivity index is 1.94. The molecule has 0 atom stereocenters. The zero-order valence-corrected chi connectivity index (χ0v) is 13.6. The molecule has 0 amide bonds. The average Bonchev–Trinajstić information content (AvgIpc) is 3.03. The van der Waals surface area contributed by atoms with E-state index in [2.05, 4.69) is 20.1 Å². The van der Waals surface area contributed by atoms with Crippen LogP contribution in [0.5, 0.6) is 5.75 Å². The highest BCUT2D eigenvalue weighted by Gasteiger charge is 2.17. The summed E-state index contributed by atoms with van der Waals surface area (Å²) in [6.07, 6.45) is 6.44. The van der Waals surface area contributed by atoms with Gasteiger partial charge in [-0.25, -0.2) is 4.39 Å². The van der Waals surface area contributed by atoms with Gasteiger partial charge < -0.3 is 4.74 Å². The maximum atomic E-state index is 13.2. The summed E-state index contributed by atoms with van der Waals surface area (Å²) in [5.41, 5.74) is 4.44. The van der Waals surface area contributed by atoms with E-state index in [0.29, 0.717) is 17.1 Å². The first-order chi connectivity index (χ1) is 12.2. The SMILES string of the molecule is COc1cnc2c(-c3cn(C)nc3-c3ccc(F)cn3)ccnc2c1. The van der Waals surface area contributed by atoms with Crippen LogP contribution in [0.2, 0.25) is 0 Å². The number of fused-ring (bicyclic) bond motifs is 1. The van der Waals surface area contributed by atoms with Crippen molar-refractivity contribution in [2.45, 2.75) is 0 Å². The first-order valence-corrected chi connectivity index (χ1v) is 7.60. The summed E-state index contributed by atoms with van der Waals surface area (Å²) in [7, 11) is 3.42. The Morgan fingerprint density at radius 2 is 1.92 bits per heavy atom. The standard InChI is InChI=1S/C18H14FN5O/c1-24-10-14(18(23-24)15-4-3-11(19)8-21-15)13-5-6-20-16-7-12(25-2)9-22-17(13)16/h3-10H,1-2H3. The number of ether oxygens (including phenoxy) is 1. The third kappa shape index (κ3) is 2.69. The van der Waals surface area contributed by atoms with E-state index in [9.17, 15) is 4.39 Å². The molecule has 4 rings (SSSR count). The number of hydrogen-bond acceptors (Lipinski definition) is 5. The molecule has 25 heavy (non-hydrogen) atoms. The third-order valence-electron chi connectivity index (χ3n) is 3.88. The van der Waals surface area contributed by atoms with Crippen molar-refractivity contribution in [3.8, 4) is 28.3 Å². The number of halogens is 1. The zero-order chi connectivity index (χ0) is 17.4. The Kier molecular flexibility index (Phi) is 3.61. The van der Waals surface area contributed by atoms with Gasteiger partial charge in [-0.2, -0.15) is 5.10 Å². The van der Waals surface area contributed by atoms with Crippen molar-refractivity contribution in [3.63, 3.8) is 0 Å². The lowest BCUT2D eigenvalue weighted by molar-refractivity contribution is 0.413. The van der Waals surface area contributed by atoms with E-state index in [1.54, 1.807) is 30.3 Å². The predicted octanol–water partition coefficient (Wildman–Crippen LogP) is 3.24. The molecular formula is C18H14FN5O. The maximum Gasteiger partial charge on any atom is 0.141 e. The topological polar surface area (TPSA) is 65.7 Å². The van der Waals surface area contributed by atoms with Crippen LogP contribution in [0.3, 0.4) is 0 Å². The first kappa shape index (κ1) is 15.2. The van der Waals surface area contributed by atoms with E-state index < -0.39 is 0 Å². The molecule has 0 unspecified atom stereocenters. The number of aromatic nitrogens is 5. The minimum absolute atomic E-state index is 0.385. The molecule has 6 nitrogen and oxygen atoms in total. The van der Waals surface area contributed by atoms with E-state index in [4.69, 9.17) is 4.74 Å². The molecular weight excluding hydrogens is 321 g/mol. The predicted molar refractivity (Wildman–Crippen MR) is 91.5 cm³/mol. The minimum atomic E-state index is -0.385. The molecule has 0 aliphatic rings. The zero-order valence-electron chi connectivity index (χ0n) is 13.6. The summed E-state index contributed by atoms with van der Waals surface area (Å²) >= 11 is 0. The highest BCUT2D eigenvalue weighted by molar-refractivity contribution is 5.95. The van der Waals surface area contributed by atoms with Crippen molar-refractivity contribution in [1.82, 2.24) is 24.7 Å². The van der Waals surface area contributed by atoms with Gasteiger partial charge in [0.05, 0.1) is 36.2 Å². The van der Waals surface area contributed by atoms with Gasteiger partial charge in [-0.15, -0.1) is 0 Å². The number of pyridine rings is 3. The van der Waals surface area contributed by atoms with Crippen LogP contribution in [0.25, 0.3) is 33.5 Å². The van der Waals surface area contributed by atoms with E-state index in [0.717, 1.165) is 22.2 Å². The summed E-state index contributed by atoms with van der Waals surface area (Å²) in [5, 5.41) is 4.49. The molecule has 0 fully saturated rings. The van der Waals surface area contributed by atoms with Crippen LogP contribution in [-0.2, 0) is 7.05 Å². The van der Waals surface area contributed by atoms with Crippen molar-refractivity contribution in [1.29, 1.82) is 0 Å². The monoisotopic (exact) mass is 335 g/mol. The second-order valence-corrected chi connectivity index (χ2v) is 5.53. The normalized spacial score (nSPS) is 11.0. The van der Waals surface area contributed by atoms with E-state index >= 15 is 0 Å². The molecule has 7 heteroatoms. The molecule has 0 bridgehead atoms. The van der Waals surface area contributed by atoms with Gasteiger partial charge >= 0.3 is 0 Å². The second-order valence-electron chi connectivity index (χ2n) is 5.53. The lowest BCUT2D eigenvalue weighted by Crippen LogP contribution is -1.92. The highest BCUT2D eigenvalue weighted by Crippen LogP contribution is 2.33. The van der Waals surface area contributed by atoms with Crippen LogP contribution < -0.4 is 4.74 Å². The molecule has 0 saturated heterocycles. The fourth-order valence-electron chi connectivity index (χ4n) is 2.73. The average molecular weight is 335 g/mol. The maximum absolute atomic E-state index is 13.2. The fourth-order valence-corrected chi connectivity index (χ4v) is 2.73. The van der Waals surface area contributed by atoms with Crippen LogP contribution in [0.4, 0.5) is 4.39 Å². The van der Waals surface area contributed by atoms with Crippen molar-refractivity contribution < 1.29 is 9.13 Å². The van der Waals surface area contributed by atoms with E-state index in [1.165, 1.54) is 12.3 Å². The molecule has 0 N–H and O–H groups in total. The largest absolute Gasteiger partial charge is 0.495 e. The Hall–Kier alpha value is -3.35. The van der Waals surface area contributed by atoms with Crippen molar-refractivity contribution >= 4 is 11.0 Å². The van der Waals surface area contributed by atoms with Gasteiger partial charge in [-0.05, 0) is 18.2 Å². The molecule has 0 saturated carbocycles. The van der Waals surface area contributed by atoms with Crippen LogP contribution in [0.1, 0.15) is 0 Å². The Labute approximate surface area is 143 Å². The van der Waals surface area contributed by atoms with Gasteiger partial charge in [-0.3, -0.25) is 19.6 Å². The Bertz CT molecular complexity index is 1060. The summed E-state index contributed by atoms with van der Waals surface area (Å²) in [6, 6.07) is 6.69. The molecule has 0 radical (unpaired) electrons. The number of hydrogen-bond donors (Lipinski definition) is 0. The van der Waals surface area contributed by atoms with Gasteiger partial charge in [0.25, 0.3) is 0 Å². The van der Waals surface area contributed by atoms with Crippen molar-refractivity contribution in [2.75, 3.05) is 7.11 Å². The molecule has 0 aliphatic heterocycles. The second kappa shape index (κ2) is 5.94. The van der Waals surface area contributed by atoms with Gasteiger partial charge in [0.15, 0.2) is 0 Å². The number of aryl methyl sites for hydroxylation is 1. The number of methoxy groups -OCH3 is 1. The Morgan fingerprint density at radius 1 is 1.04 bits per heavy atom. The first-order valence-electron chi connectivity index (χ1n) is 7.60. The number of nitrogens with zero attached hydrogens (tertiary/aromatic N) is 5.